The minimum Gasteiger partial charge on any atom is -0.493 e. The third-order valence-corrected chi connectivity index (χ3v) is 7.53. The maximum atomic E-state index is 12.6. The van der Waals surface area contributed by atoms with Gasteiger partial charge in [0.25, 0.3) is 0 Å². The highest BCUT2D eigenvalue weighted by Crippen LogP contribution is 2.33. The highest BCUT2D eigenvalue weighted by Gasteiger charge is 2.17. The molecule has 3 rings (SSSR count). The summed E-state index contributed by atoms with van der Waals surface area (Å²) in [6.45, 7) is 3.41. The topological polar surface area (TPSA) is 96.2 Å². The lowest BCUT2D eigenvalue weighted by atomic mass is 10.3. The largest absolute Gasteiger partial charge is 0.493 e. The van der Waals surface area contributed by atoms with Crippen molar-refractivity contribution < 1.29 is 27.4 Å². The molecular formula is C22H26N2O6S2. The van der Waals surface area contributed by atoms with Crippen LogP contribution in [0.1, 0.15) is 13.3 Å². The number of ether oxygens (including phenoxy) is 3. The van der Waals surface area contributed by atoms with E-state index in [2.05, 4.69) is 4.99 Å². The summed E-state index contributed by atoms with van der Waals surface area (Å²) in [6, 6.07) is 11.8. The second-order valence-electron chi connectivity index (χ2n) is 6.80. The van der Waals surface area contributed by atoms with Gasteiger partial charge in [0.05, 0.1) is 41.7 Å². The molecule has 1 heterocycles. The summed E-state index contributed by atoms with van der Waals surface area (Å²) < 4.78 is 43.9. The molecule has 0 saturated heterocycles. The molecule has 0 aliphatic heterocycles. The number of aromatic nitrogens is 1. The number of carbonyl (C=O) groups is 1. The second kappa shape index (κ2) is 10.8. The Hall–Kier alpha value is -2.69. The van der Waals surface area contributed by atoms with Gasteiger partial charge in [0.15, 0.2) is 26.1 Å². The zero-order chi connectivity index (χ0) is 23.1. The molecule has 1 amide bonds. The minimum atomic E-state index is -3.56. The van der Waals surface area contributed by atoms with Crippen LogP contribution in [0, 0.1) is 0 Å². The Morgan fingerprint density at radius 1 is 1.09 bits per heavy atom. The summed E-state index contributed by atoms with van der Waals surface area (Å²) in [7, 11) is -0.439. The molecular weight excluding hydrogens is 452 g/mol. The fourth-order valence-corrected chi connectivity index (χ4v) is 5.46. The number of benzene rings is 2. The van der Waals surface area contributed by atoms with E-state index in [1.54, 1.807) is 32.4 Å². The van der Waals surface area contributed by atoms with E-state index >= 15 is 0 Å². The van der Waals surface area contributed by atoms with E-state index in [0.717, 1.165) is 10.2 Å². The Balaban J connectivity index is 1.92. The van der Waals surface area contributed by atoms with E-state index < -0.39 is 15.7 Å². The van der Waals surface area contributed by atoms with Crippen LogP contribution in [0.25, 0.3) is 10.2 Å². The van der Waals surface area contributed by atoms with Crippen LogP contribution < -0.4 is 14.3 Å². The Morgan fingerprint density at radius 3 is 2.44 bits per heavy atom. The van der Waals surface area contributed by atoms with Gasteiger partial charge in [-0.15, -0.1) is 0 Å². The fraction of sp³-hybridized carbons (Fsp3) is 0.364. The van der Waals surface area contributed by atoms with E-state index in [0.29, 0.717) is 36.1 Å². The van der Waals surface area contributed by atoms with E-state index in [1.807, 2.05) is 23.6 Å². The zero-order valence-electron chi connectivity index (χ0n) is 18.2. The summed E-state index contributed by atoms with van der Waals surface area (Å²) in [5.41, 5.74) is 0.829. The van der Waals surface area contributed by atoms with Crippen molar-refractivity contribution in [2.75, 3.05) is 33.2 Å². The van der Waals surface area contributed by atoms with Crippen LogP contribution >= 0.6 is 11.3 Å². The van der Waals surface area contributed by atoms with Gasteiger partial charge in [-0.3, -0.25) is 4.79 Å². The maximum Gasteiger partial charge on any atom is 0.249 e. The number of hydrogen-bond acceptors (Lipinski definition) is 7. The molecule has 0 N–H and O–H groups in total. The van der Waals surface area contributed by atoms with Crippen LogP contribution in [0.5, 0.6) is 11.5 Å². The Kier molecular flexibility index (Phi) is 8.05. The Labute approximate surface area is 191 Å². The van der Waals surface area contributed by atoms with Gasteiger partial charge in [-0.2, -0.15) is 4.99 Å². The number of rotatable bonds is 10. The number of sulfone groups is 1. The Morgan fingerprint density at radius 2 is 1.78 bits per heavy atom. The first-order valence-electron chi connectivity index (χ1n) is 10.1. The van der Waals surface area contributed by atoms with Crippen molar-refractivity contribution in [3.8, 4) is 11.5 Å². The molecule has 0 aliphatic rings. The number of fused-ring (bicyclic) bond motifs is 1. The lowest BCUT2D eigenvalue weighted by molar-refractivity contribution is -0.117. The molecule has 3 aromatic rings. The third kappa shape index (κ3) is 5.56. The Bertz CT molecular complexity index is 1250. The number of carbonyl (C=O) groups excluding carboxylic acids is 1. The van der Waals surface area contributed by atoms with Crippen molar-refractivity contribution in [2.45, 2.75) is 24.8 Å². The number of amides is 1. The average Bonchev–Trinajstić information content (AvgIpc) is 3.13. The summed E-state index contributed by atoms with van der Waals surface area (Å²) in [4.78, 5) is 17.5. The molecule has 10 heteroatoms. The normalized spacial score (nSPS) is 12.3. The van der Waals surface area contributed by atoms with Crippen LogP contribution in [0.15, 0.2) is 52.4 Å². The first-order valence-corrected chi connectivity index (χ1v) is 12.5. The predicted molar refractivity (Wildman–Crippen MR) is 123 cm³/mol. The summed E-state index contributed by atoms with van der Waals surface area (Å²) in [5, 5.41) is 0. The molecule has 0 aliphatic carbocycles. The van der Waals surface area contributed by atoms with Crippen LogP contribution in [0.3, 0.4) is 0 Å². The van der Waals surface area contributed by atoms with Gasteiger partial charge in [0.1, 0.15) is 0 Å². The van der Waals surface area contributed by atoms with Gasteiger partial charge in [0, 0.05) is 31.7 Å². The maximum absolute atomic E-state index is 12.6. The van der Waals surface area contributed by atoms with Crippen molar-refractivity contribution in [3.63, 3.8) is 0 Å². The predicted octanol–water partition coefficient (Wildman–Crippen LogP) is 3.05. The number of nitrogens with zero attached hydrogens (tertiary/aromatic N) is 2. The molecule has 32 heavy (non-hydrogen) atoms. The third-order valence-electron chi connectivity index (χ3n) is 4.76. The molecule has 1 aromatic heterocycles. The van der Waals surface area contributed by atoms with Gasteiger partial charge in [-0.1, -0.05) is 29.5 Å². The van der Waals surface area contributed by atoms with Crippen LogP contribution in [-0.4, -0.2) is 52.1 Å². The smallest absolute Gasteiger partial charge is 0.249 e. The van der Waals surface area contributed by atoms with Gasteiger partial charge in [-0.25, -0.2) is 8.42 Å². The zero-order valence-corrected chi connectivity index (χ0v) is 19.9. The number of methoxy groups -OCH3 is 2. The van der Waals surface area contributed by atoms with Crippen molar-refractivity contribution in [3.05, 3.63) is 47.3 Å². The molecule has 2 aromatic carbocycles. The molecule has 0 saturated carbocycles. The standard InChI is InChI=1S/C22H26N2O6S2/c1-4-30-12-11-24-17-14-18(28-2)19(29-3)15-20(17)31-22(24)23-21(25)10-13-32(26,27)16-8-6-5-7-9-16/h5-9,14-15H,4,10-13H2,1-3H3. The fourth-order valence-electron chi connectivity index (χ4n) is 3.13. The number of thiazole rings is 1. The highest BCUT2D eigenvalue weighted by atomic mass is 32.2. The van der Waals surface area contributed by atoms with Gasteiger partial charge in [-0.05, 0) is 19.1 Å². The molecule has 0 bridgehead atoms. The van der Waals surface area contributed by atoms with Crippen molar-refractivity contribution >= 4 is 37.3 Å². The van der Waals surface area contributed by atoms with Crippen LogP contribution in [0.4, 0.5) is 0 Å². The summed E-state index contributed by atoms with van der Waals surface area (Å²) in [5.74, 6) is 0.338. The summed E-state index contributed by atoms with van der Waals surface area (Å²) in [6.07, 6.45) is -0.205. The van der Waals surface area contributed by atoms with Gasteiger partial charge < -0.3 is 18.8 Å². The second-order valence-corrected chi connectivity index (χ2v) is 9.91. The quantitative estimate of drug-likeness (QED) is 0.416. The van der Waals surface area contributed by atoms with E-state index in [1.165, 1.54) is 23.5 Å². The lowest BCUT2D eigenvalue weighted by Crippen LogP contribution is -2.20. The average molecular weight is 479 g/mol. The van der Waals surface area contributed by atoms with E-state index in [9.17, 15) is 13.2 Å². The molecule has 172 valence electrons. The monoisotopic (exact) mass is 478 g/mol. The molecule has 0 atom stereocenters. The van der Waals surface area contributed by atoms with Gasteiger partial charge >= 0.3 is 0 Å². The molecule has 0 radical (unpaired) electrons. The lowest BCUT2D eigenvalue weighted by Gasteiger charge is -2.09. The van der Waals surface area contributed by atoms with Gasteiger partial charge in [0.2, 0.25) is 5.91 Å². The first kappa shape index (κ1) is 24.0. The molecule has 0 unspecified atom stereocenters. The first-order chi connectivity index (χ1) is 15.4. The van der Waals surface area contributed by atoms with Crippen molar-refractivity contribution in [2.24, 2.45) is 4.99 Å². The highest BCUT2D eigenvalue weighted by molar-refractivity contribution is 7.91. The summed E-state index contributed by atoms with van der Waals surface area (Å²) >= 11 is 1.32. The minimum absolute atomic E-state index is 0.195. The molecule has 0 fully saturated rings. The number of hydrogen-bond donors (Lipinski definition) is 0. The van der Waals surface area contributed by atoms with Crippen molar-refractivity contribution in [1.29, 1.82) is 0 Å². The van der Waals surface area contributed by atoms with Crippen LogP contribution in [-0.2, 0) is 25.9 Å². The van der Waals surface area contributed by atoms with Crippen LogP contribution in [0.2, 0.25) is 0 Å². The van der Waals surface area contributed by atoms with E-state index in [4.69, 9.17) is 14.2 Å². The molecule has 8 nitrogen and oxygen atoms in total. The molecule has 0 spiro atoms. The van der Waals surface area contributed by atoms with Crippen molar-refractivity contribution in [1.82, 2.24) is 4.57 Å². The van der Waals surface area contributed by atoms with E-state index in [-0.39, 0.29) is 17.1 Å². The SMILES string of the molecule is CCOCCn1c(=NC(=O)CCS(=O)(=O)c2ccccc2)sc2cc(OC)c(OC)cc21.